The van der Waals surface area contributed by atoms with E-state index in [2.05, 4.69) is 5.32 Å². The Kier molecular flexibility index (Phi) is 5.10. The molecular formula is C13H15ClN2O2S. The summed E-state index contributed by atoms with van der Waals surface area (Å²) in [6.07, 6.45) is 0.420. The smallest absolute Gasteiger partial charge is 0.239 e. The van der Waals surface area contributed by atoms with E-state index in [4.69, 9.17) is 11.6 Å². The predicted octanol–water partition coefficient (Wildman–Crippen LogP) is 1.78. The van der Waals surface area contributed by atoms with E-state index >= 15 is 0 Å². The maximum Gasteiger partial charge on any atom is 0.239 e. The van der Waals surface area contributed by atoms with E-state index in [9.17, 15) is 9.59 Å². The first-order valence-corrected chi connectivity index (χ1v) is 7.45. The first-order chi connectivity index (χ1) is 9.16. The van der Waals surface area contributed by atoms with E-state index in [1.54, 1.807) is 16.7 Å². The SMILES string of the molecule is O=C1CN(C(=O)CCSc2ccccc2Cl)CCN1. The number of carbonyl (C=O) groups is 2. The summed E-state index contributed by atoms with van der Waals surface area (Å²) in [5, 5.41) is 3.41. The van der Waals surface area contributed by atoms with Gasteiger partial charge in [0.25, 0.3) is 0 Å². The van der Waals surface area contributed by atoms with Gasteiger partial charge < -0.3 is 10.2 Å². The number of piperazine rings is 1. The first kappa shape index (κ1) is 14.2. The normalized spacial score (nSPS) is 15.2. The van der Waals surface area contributed by atoms with Crippen molar-refractivity contribution in [2.75, 3.05) is 25.4 Å². The number of hydrogen-bond donors (Lipinski definition) is 1. The third-order valence-corrected chi connectivity index (χ3v) is 4.32. The van der Waals surface area contributed by atoms with E-state index < -0.39 is 0 Å². The zero-order valence-electron chi connectivity index (χ0n) is 10.4. The van der Waals surface area contributed by atoms with Crippen LogP contribution >= 0.6 is 23.4 Å². The molecule has 1 aliphatic heterocycles. The summed E-state index contributed by atoms with van der Waals surface area (Å²) in [5.74, 6) is 0.605. The van der Waals surface area contributed by atoms with E-state index in [1.807, 2.05) is 24.3 Å². The number of nitrogens with one attached hydrogen (secondary N) is 1. The molecule has 0 atom stereocenters. The summed E-state index contributed by atoms with van der Waals surface area (Å²) in [7, 11) is 0. The van der Waals surface area contributed by atoms with Crippen LogP contribution in [0.15, 0.2) is 29.2 Å². The van der Waals surface area contributed by atoms with Crippen molar-refractivity contribution in [2.45, 2.75) is 11.3 Å². The Balaban J connectivity index is 1.78. The Morgan fingerprint density at radius 3 is 2.95 bits per heavy atom. The van der Waals surface area contributed by atoms with Crippen LogP contribution in [0.2, 0.25) is 5.02 Å². The molecular weight excluding hydrogens is 284 g/mol. The molecule has 1 saturated heterocycles. The van der Waals surface area contributed by atoms with Gasteiger partial charge in [0, 0.05) is 30.2 Å². The number of rotatable bonds is 4. The molecule has 1 aromatic carbocycles. The van der Waals surface area contributed by atoms with Gasteiger partial charge in [-0.1, -0.05) is 23.7 Å². The van der Waals surface area contributed by atoms with E-state index in [0.29, 0.717) is 30.3 Å². The lowest BCUT2D eigenvalue weighted by Crippen LogP contribution is -2.50. The summed E-state index contributed by atoms with van der Waals surface area (Å²) in [6, 6.07) is 7.57. The highest BCUT2D eigenvalue weighted by molar-refractivity contribution is 7.99. The van der Waals surface area contributed by atoms with Gasteiger partial charge in [-0.25, -0.2) is 0 Å². The van der Waals surface area contributed by atoms with E-state index in [-0.39, 0.29) is 18.4 Å². The van der Waals surface area contributed by atoms with Crippen molar-refractivity contribution in [3.63, 3.8) is 0 Å². The fourth-order valence-corrected chi connectivity index (χ4v) is 3.00. The van der Waals surface area contributed by atoms with Gasteiger partial charge in [0.1, 0.15) is 0 Å². The van der Waals surface area contributed by atoms with Crippen LogP contribution in [0.4, 0.5) is 0 Å². The Morgan fingerprint density at radius 2 is 2.21 bits per heavy atom. The average Bonchev–Trinajstić information content (AvgIpc) is 2.41. The Morgan fingerprint density at radius 1 is 1.42 bits per heavy atom. The maximum atomic E-state index is 11.9. The molecule has 6 heteroatoms. The highest BCUT2D eigenvalue weighted by atomic mass is 35.5. The van der Waals surface area contributed by atoms with Gasteiger partial charge in [-0.2, -0.15) is 0 Å². The van der Waals surface area contributed by atoms with Crippen LogP contribution in [-0.4, -0.2) is 42.1 Å². The molecule has 4 nitrogen and oxygen atoms in total. The fourth-order valence-electron chi connectivity index (χ4n) is 1.82. The van der Waals surface area contributed by atoms with Crippen LogP contribution in [0, 0.1) is 0 Å². The highest BCUT2D eigenvalue weighted by Gasteiger charge is 2.20. The molecule has 1 fully saturated rings. The fraction of sp³-hybridized carbons (Fsp3) is 0.385. The molecule has 0 saturated carbocycles. The van der Waals surface area contributed by atoms with Crippen molar-refractivity contribution < 1.29 is 9.59 Å². The molecule has 0 spiro atoms. The number of amides is 2. The van der Waals surface area contributed by atoms with Crippen molar-refractivity contribution >= 4 is 35.2 Å². The molecule has 1 aromatic rings. The second-order valence-corrected chi connectivity index (χ2v) is 5.74. The van der Waals surface area contributed by atoms with Gasteiger partial charge in [0.05, 0.1) is 11.6 Å². The van der Waals surface area contributed by atoms with Crippen LogP contribution in [0.3, 0.4) is 0 Å². The summed E-state index contributed by atoms with van der Waals surface area (Å²) < 4.78 is 0. The molecule has 0 unspecified atom stereocenters. The minimum atomic E-state index is -0.0849. The number of benzene rings is 1. The van der Waals surface area contributed by atoms with E-state index in [1.165, 1.54) is 0 Å². The molecule has 1 heterocycles. The van der Waals surface area contributed by atoms with Crippen molar-refractivity contribution in [3.8, 4) is 0 Å². The standard InChI is InChI=1S/C13H15ClN2O2S/c14-10-3-1-2-4-11(10)19-8-5-13(18)16-7-6-15-12(17)9-16/h1-4H,5-9H2,(H,15,17). The minimum Gasteiger partial charge on any atom is -0.353 e. The van der Waals surface area contributed by atoms with Crippen molar-refractivity contribution in [2.24, 2.45) is 0 Å². The summed E-state index contributed by atoms with van der Waals surface area (Å²) in [5.41, 5.74) is 0. The maximum absolute atomic E-state index is 11.9. The predicted molar refractivity (Wildman–Crippen MR) is 76.4 cm³/mol. The Bertz CT molecular complexity index is 481. The molecule has 0 radical (unpaired) electrons. The second kappa shape index (κ2) is 6.82. The van der Waals surface area contributed by atoms with Crippen molar-refractivity contribution in [1.82, 2.24) is 10.2 Å². The topological polar surface area (TPSA) is 49.4 Å². The molecule has 0 aliphatic carbocycles. The Labute approximate surface area is 121 Å². The zero-order chi connectivity index (χ0) is 13.7. The minimum absolute atomic E-state index is 0.0226. The van der Waals surface area contributed by atoms with Crippen LogP contribution < -0.4 is 5.32 Å². The highest BCUT2D eigenvalue weighted by Crippen LogP contribution is 2.27. The van der Waals surface area contributed by atoms with Crippen LogP contribution in [0.25, 0.3) is 0 Å². The van der Waals surface area contributed by atoms with Gasteiger partial charge in [0.2, 0.25) is 11.8 Å². The molecule has 102 valence electrons. The number of carbonyl (C=O) groups excluding carboxylic acids is 2. The Hall–Kier alpha value is -1.20. The third kappa shape index (κ3) is 4.14. The largest absolute Gasteiger partial charge is 0.353 e. The molecule has 1 N–H and O–H groups in total. The average molecular weight is 299 g/mol. The first-order valence-electron chi connectivity index (χ1n) is 6.08. The quantitative estimate of drug-likeness (QED) is 0.862. The third-order valence-electron chi connectivity index (χ3n) is 2.80. The summed E-state index contributed by atoms with van der Waals surface area (Å²) in [6.45, 7) is 1.32. The van der Waals surface area contributed by atoms with Crippen LogP contribution in [0.5, 0.6) is 0 Å². The second-order valence-electron chi connectivity index (χ2n) is 4.19. The molecule has 0 aromatic heterocycles. The number of halogens is 1. The summed E-state index contributed by atoms with van der Waals surface area (Å²) >= 11 is 7.60. The molecule has 0 bridgehead atoms. The lowest BCUT2D eigenvalue weighted by Gasteiger charge is -2.26. The molecule has 1 aliphatic rings. The summed E-state index contributed by atoms with van der Waals surface area (Å²) in [4.78, 5) is 25.7. The lowest BCUT2D eigenvalue weighted by molar-refractivity contribution is -0.137. The molecule has 2 amide bonds. The number of hydrogen-bond acceptors (Lipinski definition) is 3. The van der Waals surface area contributed by atoms with Crippen molar-refractivity contribution in [1.29, 1.82) is 0 Å². The van der Waals surface area contributed by atoms with Gasteiger partial charge in [-0.15, -0.1) is 11.8 Å². The lowest BCUT2D eigenvalue weighted by atomic mass is 10.3. The van der Waals surface area contributed by atoms with Gasteiger partial charge in [-0.3, -0.25) is 9.59 Å². The van der Waals surface area contributed by atoms with Gasteiger partial charge >= 0.3 is 0 Å². The van der Waals surface area contributed by atoms with Gasteiger partial charge in [-0.05, 0) is 12.1 Å². The van der Waals surface area contributed by atoms with Crippen LogP contribution in [-0.2, 0) is 9.59 Å². The molecule has 2 rings (SSSR count). The number of nitrogens with zero attached hydrogens (tertiary/aromatic N) is 1. The van der Waals surface area contributed by atoms with Crippen LogP contribution in [0.1, 0.15) is 6.42 Å². The van der Waals surface area contributed by atoms with Gasteiger partial charge in [0.15, 0.2) is 0 Å². The monoisotopic (exact) mass is 298 g/mol. The molecule has 19 heavy (non-hydrogen) atoms. The number of thioether (sulfide) groups is 1. The van der Waals surface area contributed by atoms with E-state index in [0.717, 1.165) is 4.90 Å². The zero-order valence-corrected chi connectivity index (χ0v) is 12.0. The van der Waals surface area contributed by atoms with Crippen molar-refractivity contribution in [3.05, 3.63) is 29.3 Å².